The van der Waals surface area contributed by atoms with Gasteiger partial charge in [0.1, 0.15) is 11.6 Å². The molecule has 1 aromatic carbocycles. The number of esters is 1. The van der Waals surface area contributed by atoms with Crippen LogP contribution in [0.4, 0.5) is 0 Å². The van der Waals surface area contributed by atoms with Crippen molar-refractivity contribution >= 4 is 5.97 Å². The maximum atomic E-state index is 12.0. The van der Waals surface area contributed by atoms with Gasteiger partial charge in [0, 0.05) is 0 Å². The molecule has 0 saturated heterocycles. The molecule has 0 bridgehead atoms. The maximum Gasteiger partial charge on any atom is 0.356 e. The Labute approximate surface area is 132 Å². The first-order chi connectivity index (χ1) is 11.1. The quantitative estimate of drug-likeness (QED) is 0.816. The van der Waals surface area contributed by atoms with Crippen LogP contribution in [-0.4, -0.2) is 23.3 Å². The number of fused-ring (bicyclic) bond motifs is 1. The second-order valence-corrected chi connectivity index (χ2v) is 5.09. The molecular weight excluding hydrogens is 296 g/mol. The van der Waals surface area contributed by atoms with Crippen LogP contribution in [0.1, 0.15) is 33.1 Å². The molecule has 0 aliphatic carbocycles. The number of H-pyrrole nitrogens is 1. The molecule has 1 aliphatic heterocycles. The third-order valence-corrected chi connectivity index (χ3v) is 3.83. The number of aromatic amines is 1. The Kier molecular flexibility index (Phi) is 3.50. The van der Waals surface area contributed by atoms with Crippen molar-refractivity contribution in [2.24, 2.45) is 5.73 Å². The fraction of sp³-hybridized carbons (Fsp3) is 0.188. The third-order valence-electron chi connectivity index (χ3n) is 3.83. The van der Waals surface area contributed by atoms with Crippen LogP contribution in [0.25, 0.3) is 0 Å². The lowest BCUT2D eigenvalue weighted by atomic mass is 9.82. The van der Waals surface area contributed by atoms with Crippen LogP contribution in [0.15, 0.2) is 35.7 Å². The SMILES string of the molecule is COC(=O)c1[nH]nc2c1C(c1ccccc1C)C(C#N)=C(N)O2. The fourth-order valence-electron chi connectivity index (χ4n) is 2.72. The summed E-state index contributed by atoms with van der Waals surface area (Å²) in [6.07, 6.45) is 0. The summed E-state index contributed by atoms with van der Waals surface area (Å²) in [5, 5.41) is 16.1. The van der Waals surface area contributed by atoms with Gasteiger partial charge in [0.05, 0.1) is 18.6 Å². The maximum absolute atomic E-state index is 12.0. The smallest absolute Gasteiger partial charge is 0.356 e. The van der Waals surface area contributed by atoms with Crippen molar-refractivity contribution in [3.8, 4) is 11.9 Å². The highest BCUT2D eigenvalue weighted by Gasteiger charge is 2.37. The Hall–Kier alpha value is -3.27. The lowest BCUT2D eigenvalue weighted by Gasteiger charge is -2.24. The van der Waals surface area contributed by atoms with Crippen LogP contribution in [0.2, 0.25) is 0 Å². The number of ether oxygens (including phenoxy) is 2. The summed E-state index contributed by atoms with van der Waals surface area (Å²) in [5.41, 5.74) is 8.52. The average Bonchev–Trinajstić information content (AvgIpc) is 2.97. The number of carbonyl (C=O) groups excluding carboxylic acids is 1. The van der Waals surface area contributed by atoms with E-state index in [1.165, 1.54) is 7.11 Å². The summed E-state index contributed by atoms with van der Waals surface area (Å²) in [5.74, 6) is -0.970. The molecule has 2 aromatic rings. The van der Waals surface area contributed by atoms with Crippen LogP contribution < -0.4 is 10.5 Å². The van der Waals surface area contributed by atoms with Gasteiger partial charge in [-0.2, -0.15) is 5.26 Å². The van der Waals surface area contributed by atoms with E-state index in [-0.39, 0.29) is 23.0 Å². The standard InChI is InChI=1S/C16H14N4O3/c1-8-5-3-4-6-9(8)11-10(7-17)14(18)23-15-12(11)13(19-20-15)16(21)22-2/h3-6,11H,18H2,1-2H3,(H,19,20). The highest BCUT2D eigenvalue weighted by molar-refractivity contribution is 5.90. The second kappa shape index (κ2) is 5.50. The van der Waals surface area contributed by atoms with E-state index in [0.29, 0.717) is 5.56 Å². The zero-order valence-corrected chi connectivity index (χ0v) is 12.6. The van der Waals surface area contributed by atoms with Crippen molar-refractivity contribution in [1.29, 1.82) is 5.26 Å². The van der Waals surface area contributed by atoms with Crippen molar-refractivity contribution in [2.45, 2.75) is 12.8 Å². The second-order valence-electron chi connectivity index (χ2n) is 5.09. The highest BCUT2D eigenvalue weighted by atomic mass is 16.5. The van der Waals surface area contributed by atoms with E-state index in [2.05, 4.69) is 16.3 Å². The molecule has 3 N–H and O–H groups in total. The van der Waals surface area contributed by atoms with E-state index in [4.69, 9.17) is 15.2 Å². The molecule has 7 heteroatoms. The van der Waals surface area contributed by atoms with E-state index in [1.807, 2.05) is 31.2 Å². The monoisotopic (exact) mass is 310 g/mol. The zero-order valence-electron chi connectivity index (χ0n) is 12.6. The molecule has 1 aliphatic rings. The molecule has 1 aromatic heterocycles. The summed E-state index contributed by atoms with van der Waals surface area (Å²) in [6, 6.07) is 9.65. The normalized spacial score (nSPS) is 16.3. The van der Waals surface area contributed by atoms with E-state index in [9.17, 15) is 10.1 Å². The molecule has 0 amide bonds. The number of rotatable bonds is 2. The van der Waals surface area contributed by atoms with Gasteiger partial charge in [0.15, 0.2) is 5.69 Å². The Bertz CT molecular complexity index is 860. The number of hydrogen-bond acceptors (Lipinski definition) is 6. The average molecular weight is 310 g/mol. The highest BCUT2D eigenvalue weighted by Crippen LogP contribution is 2.43. The van der Waals surface area contributed by atoms with Crippen LogP contribution in [0.5, 0.6) is 5.88 Å². The summed E-state index contributed by atoms with van der Waals surface area (Å²) in [7, 11) is 1.28. The summed E-state index contributed by atoms with van der Waals surface area (Å²) >= 11 is 0. The van der Waals surface area contributed by atoms with Crippen LogP contribution >= 0.6 is 0 Å². The number of nitriles is 1. The van der Waals surface area contributed by atoms with Gasteiger partial charge < -0.3 is 15.2 Å². The molecule has 1 unspecified atom stereocenters. The summed E-state index contributed by atoms with van der Waals surface area (Å²) in [4.78, 5) is 12.0. The van der Waals surface area contributed by atoms with Gasteiger partial charge >= 0.3 is 5.97 Å². The van der Waals surface area contributed by atoms with Crippen LogP contribution in [0, 0.1) is 18.3 Å². The van der Waals surface area contributed by atoms with Crippen molar-refractivity contribution in [1.82, 2.24) is 10.2 Å². The number of aryl methyl sites for hydroxylation is 1. The van der Waals surface area contributed by atoms with Crippen molar-refractivity contribution in [2.75, 3.05) is 7.11 Å². The van der Waals surface area contributed by atoms with Crippen molar-refractivity contribution < 1.29 is 14.3 Å². The van der Waals surface area contributed by atoms with Gasteiger partial charge in [-0.25, -0.2) is 4.79 Å². The topological polar surface area (TPSA) is 114 Å². The number of benzene rings is 1. The first-order valence-electron chi connectivity index (χ1n) is 6.88. The van der Waals surface area contributed by atoms with E-state index in [1.54, 1.807) is 0 Å². The minimum atomic E-state index is -0.585. The largest absolute Gasteiger partial charge is 0.464 e. The molecule has 0 fully saturated rings. The van der Waals surface area contributed by atoms with Gasteiger partial charge in [-0.05, 0) is 18.1 Å². The molecule has 23 heavy (non-hydrogen) atoms. The Morgan fingerprint density at radius 3 is 2.87 bits per heavy atom. The number of hydrogen-bond donors (Lipinski definition) is 2. The molecule has 3 rings (SSSR count). The Balaban J connectivity index is 2.29. The molecule has 0 spiro atoms. The van der Waals surface area contributed by atoms with E-state index >= 15 is 0 Å². The van der Waals surface area contributed by atoms with Gasteiger partial charge in [-0.15, -0.1) is 5.10 Å². The van der Waals surface area contributed by atoms with Crippen LogP contribution in [-0.2, 0) is 4.74 Å². The number of aromatic nitrogens is 2. The van der Waals surface area contributed by atoms with Gasteiger partial charge in [-0.3, -0.25) is 5.10 Å². The first kappa shape index (κ1) is 14.7. The van der Waals surface area contributed by atoms with Gasteiger partial charge in [0.2, 0.25) is 11.8 Å². The van der Waals surface area contributed by atoms with Gasteiger partial charge in [-0.1, -0.05) is 24.3 Å². The third kappa shape index (κ3) is 2.21. The summed E-state index contributed by atoms with van der Waals surface area (Å²) in [6.45, 7) is 1.92. The number of nitrogens with two attached hydrogens (primary N) is 1. The predicted octanol–water partition coefficient (Wildman–Crippen LogP) is 1.72. The molecule has 0 radical (unpaired) electrons. The fourth-order valence-corrected chi connectivity index (χ4v) is 2.72. The predicted molar refractivity (Wildman–Crippen MR) is 80.4 cm³/mol. The summed E-state index contributed by atoms with van der Waals surface area (Å²) < 4.78 is 10.2. The number of nitrogens with zero attached hydrogens (tertiary/aromatic N) is 2. The molecule has 7 nitrogen and oxygen atoms in total. The molecule has 2 heterocycles. The molecule has 1 atom stereocenters. The molecular formula is C16H14N4O3. The number of carbonyl (C=O) groups is 1. The molecule has 116 valence electrons. The minimum Gasteiger partial charge on any atom is -0.464 e. The number of methoxy groups -OCH3 is 1. The van der Waals surface area contributed by atoms with E-state index in [0.717, 1.165) is 11.1 Å². The zero-order chi connectivity index (χ0) is 16.6. The Morgan fingerprint density at radius 1 is 1.48 bits per heavy atom. The molecule has 0 saturated carbocycles. The van der Waals surface area contributed by atoms with Gasteiger partial charge in [0.25, 0.3) is 0 Å². The lowest BCUT2D eigenvalue weighted by molar-refractivity contribution is 0.0592. The number of allylic oxidation sites excluding steroid dienone is 1. The minimum absolute atomic E-state index is 0.0174. The van der Waals surface area contributed by atoms with Crippen molar-refractivity contribution in [3.05, 3.63) is 58.1 Å². The Morgan fingerprint density at radius 2 is 2.22 bits per heavy atom. The van der Waals surface area contributed by atoms with Crippen molar-refractivity contribution in [3.63, 3.8) is 0 Å². The lowest BCUT2D eigenvalue weighted by Crippen LogP contribution is -2.22. The van der Waals surface area contributed by atoms with Crippen LogP contribution in [0.3, 0.4) is 0 Å². The first-order valence-corrected chi connectivity index (χ1v) is 6.88. The number of nitrogens with one attached hydrogen (secondary N) is 1. The van der Waals surface area contributed by atoms with E-state index < -0.39 is 11.9 Å².